The van der Waals surface area contributed by atoms with E-state index in [1.165, 1.54) is 0 Å². The molecule has 0 heterocycles. The topological polar surface area (TPSA) is 110 Å². The molecular formula is C11H12FNO6S. The largest absolute Gasteiger partial charge is 0.481 e. The van der Waals surface area contributed by atoms with Gasteiger partial charge in [0.25, 0.3) is 0 Å². The van der Waals surface area contributed by atoms with Crippen LogP contribution in [0.1, 0.15) is 16.8 Å². The smallest absolute Gasteiger partial charge is 0.339 e. The van der Waals surface area contributed by atoms with Crippen LogP contribution >= 0.6 is 0 Å². The number of hydrogen-bond donors (Lipinski definition) is 2. The zero-order valence-corrected chi connectivity index (χ0v) is 11.2. The van der Waals surface area contributed by atoms with Gasteiger partial charge in [-0.2, -0.15) is 0 Å². The van der Waals surface area contributed by atoms with Gasteiger partial charge in [-0.3, -0.25) is 9.52 Å². The fourth-order valence-electron chi connectivity index (χ4n) is 1.33. The number of carboxylic acid groups (broad SMARTS) is 1. The van der Waals surface area contributed by atoms with Gasteiger partial charge in [0.2, 0.25) is 10.0 Å². The van der Waals surface area contributed by atoms with Crippen LogP contribution in [-0.4, -0.2) is 38.3 Å². The molecule has 0 fully saturated rings. The van der Waals surface area contributed by atoms with E-state index in [-0.39, 0.29) is 11.3 Å². The molecule has 0 aliphatic carbocycles. The van der Waals surface area contributed by atoms with Crippen molar-refractivity contribution < 1.29 is 32.2 Å². The number of carboxylic acids is 1. The van der Waals surface area contributed by atoms with Gasteiger partial charge >= 0.3 is 11.9 Å². The minimum Gasteiger partial charge on any atom is -0.481 e. The highest BCUT2D eigenvalue weighted by Crippen LogP contribution is 2.19. The van der Waals surface area contributed by atoms with Crippen molar-refractivity contribution in [1.82, 2.24) is 0 Å². The summed E-state index contributed by atoms with van der Waals surface area (Å²) in [6.07, 6.45) is -0.613. The van der Waals surface area contributed by atoms with Gasteiger partial charge in [-0.15, -0.1) is 0 Å². The number of aliphatic carboxylic acids is 1. The van der Waals surface area contributed by atoms with E-state index < -0.39 is 40.0 Å². The number of anilines is 1. The number of carbonyl (C=O) groups is 2. The van der Waals surface area contributed by atoms with Crippen LogP contribution < -0.4 is 4.72 Å². The maximum atomic E-state index is 13.1. The zero-order chi connectivity index (χ0) is 15.3. The zero-order valence-electron chi connectivity index (χ0n) is 10.4. The van der Waals surface area contributed by atoms with Crippen molar-refractivity contribution in [2.24, 2.45) is 0 Å². The summed E-state index contributed by atoms with van der Waals surface area (Å²) >= 11 is 0. The highest BCUT2D eigenvalue weighted by atomic mass is 32.2. The van der Waals surface area contributed by atoms with E-state index in [0.29, 0.717) is 0 Å². The summed E-state index contributed by atoms with van der Waals surface area (Å²) in [5.41, 5.74) is -0.477. The molecule has 2 N–H and O–H groups in total. The van der Waals surface area contributed by atoms with Crippen molar-refractivity contribution in [3.05, 3.63) is 29.6 Å². The number of benzene rings is 1. The first-order valence-electron chi connectivity index (χ1n) is 5.35. The van der Waals surface area contributed by atoms with Gasteiger partial charge in [-0.05, 0) is 18.2 Å². The molecule has 0 radical (unpaired) electrons. The van der Waals surface area contributed by atoms with E-state index >= 15 is 0 Å². The van der Waals surface area contributed by atoms with E-state index in [0.717, 1.165) is 25.3 Å². The normalized spacial score (nSPS) is 10.9. The van der Waals surface area contributed by atoms with Crippen LogP contribution in [0.5, 0.6) is 0 Å². The molecule has 0 spiro atoms. The summed E-state index contributed by atoms with van der Waals surface area (Å²) in [5, 5.41) is 8.44. The predicted octanol–water partition coefficient (Wildman–Crippen LogP) is 0.829. The van der Waals surface area contributed by atoms with Crippen molar-refractivity contribution in [2.45, 2.75) is 6.42 Å². The average molecular weight is 305 g/mol. The van der Waals surface area contributed by atoms with Crippen molar-refractivity contribution in [3.63, 3.8) is 0 Å². The van der Waals surface area contributed by atoms with Crippen LogP contribution in [0.25, 0.3) is 0 Å². The molecule has 0 saturated heterocycles. The second-order valence-electron chi connectivity index (χ2n) is 3.75. The molecule has 110 valence electrons. The lowest BCUT2D eigenvalue weighted by molar-refractivity contribution is -0.136. The van der Waals surface area contributed by atoms with Crippen LogP contribution in [0.15, 0.2) is 18.2 Å². The molecule has 0 bridgehead atoms. The van der Waals surface area contributed by atoms with E-state index in [1.807, 2.05) is 4.72 Å². The van der Waals surface area contributed by atoms with Crippen molar-refractivity contribution in [1.29, 1.82) is 0 Å². The van der Waals surface area contributed by atoms with Gasteiger partial charge in [-0.25, -0.2) is 17.6 Å². The summed E-state index contributed by atoms with van der Waals surface area (Å²) in [7, 11) is -2.92. The van der Waals surface area contributed by atoms with Crippen molar-refractivity contribution >= 4 is 27.6 Å². The Hall–Kier alpha value is -2.16. The van der Waals surface area contributed by atoms with E-state index in [4.69, 9.17) is 5.11 Å². The molecule has 0 aromatic heterocycles. The van der Waals surface area contributed by atoms with Crippen LogP contribution in [0.2, 0.25) is 0 Å². The molecule has 0 saturated carbocycles. The molecule has 0 aliphatic heterocycles. The third-order valence-corrected chi connectivity index (χ3v) is 3.51. The fourth-order valence-corrected chi connectivity index (χ4v) is 2.38. The molecule has 20 heavy (non-hydrogen) atoms. The number of nitrogens with one attached hydrogen (secondary N) is 1. The summed E-state index contributed by atoms with van der Waals surface area (Å²) in [6.45, 7) is 0. The van der Waals surface area contributed by atoms with E-state index in [1.54, 1.807) is 0 Å². The van der Waals surface area contributed by atoms with Crippen LogP contribution in [0.3, 0.4) is 0 Å². The van der Waals surface area contributed by atoms with Gasteiger partial charge in [0.15, 0.2) is 0 Å². The Labute approximate surface area is 114 Å². The molecule has 0 amide bonds. The minimum absolute atomic E-state index is 0.173. The second-order valence-corrected chi connectivity index (χ2v) is 5.59. The number of rotatable bonds is 6. The lowest BCUT2D eigenvalue weighted by atomic mass is 10.2. The summed E-state index contributed by atoms with van der Waals surface area (Å²) < 4.78 is 42.8. The summed E-state index contributed by atoms with van der Waals surface area (Å²) in [4.78, 5) is 21.8. The maximum absolute atomic E-state index is 13.1. The molecule has 9 heteroatoms. The van der Waals surface area contributed by atoms with Gasteiger partial charge in [0, 0.05) is 0 Å². The van der Waals surface area contributed by atoms with Gasteiger partial charge in [-0.1, -0.05) is 0 Å². The van der Waals surface area contributed by atoms with Gasteiger partial charge in [0.05, 0.1) is 30.5 Å². The maximum Gasteiger partial charge on any atom is 0.339 e. The number of esters is 1. The van der Waals surface area contributed by atoms with Crippen molar-refractivity contribution in [2.75, 3.05) is 17.6 Å². The Morgan fingerprint density at radius 1 is 1.40 bits per heavy atom. The van der Waals surface area contributed by atoms with E-state index in [2.05, 4.69) is 4.74 Å². The third kappa shape index (κ3) is 4.50. The SMILES string of the molecule is COC(=O)c1ccc(F)cc1NS(=O)(=O)CCC(=O)O. The number of ether oxygens (including phenoxy) is 1. The van der Waals surface area contributed by atoms with Gasteiger partial charge < -0.3 is 9.84 Å². The molecule has 0 unspecified atom stereocenters. The number of hydrogen-bond acceptors (Lipinski definition) is 5. The second kappa shape index (κ2) is 6.33. The number of halogens is 1. The minimum atomic E-state index is -4.02. The summed E-state index contributed by atoms with van der Waals surface area (Å²) in [6, 6.07) is 2.85. The summed E-state index contributed by atoms with van der Waals surface area (Å²) in [5.74, 6) is -3.59. The molecule has 1 rings (SSSR count). The quantitative estimate of drug-likeness (QED) is 0.753. The van der Waals surface area contributed by atoms with Crippen LogP contribution in [0.4, 0.5) is 10.1 Å². The molecule has 0 aliphatic rings. The van der Waals surface area contributed by atoms with Crippen LogP contribution in [-0.2, 0) is 19.6 Å². The molecule has 1 aromatic carbocycles. The molecule has 7 nitrogen and oxygen atoms in total. The first-order chi connectivity index (χ1) is 9.25. The lowest BCUT2D eigenvalue weighted by Crippen LogP contribution is -2.20. The number of sulfonamides is 1. The Bertz CT molecular complexity index is 628. The number of carbonyl (C=O) groups excluding carboxylic acids is 1. The Morgan fingerprint density at radius 2 is 2.05 bits per heavy atom. The Kier molecular flexibility index (Phi) is 5.03. The third-order valence-electron chi connectivity index (χ3n) is 2.24. The average Bonchev–Trinajstić information content (AvgIpc) is 2.35. The van der Waals surface area contributed by atoms with Crippen molar-refractivity contribution in [3.8, 4) is 0 Å². The molecule has 1 aromatic rings. The monoisotopic (exact) mass is 305 g/mol. The highest BCUT2D eigenvalue weighted by molar-refractivity contribution is 7.92. The Balaban J connectivity index is 3.04. The standard InChI is InChI=1S/C11H12FNO6S/c1-19-11(16)8-3-2-7(12)6-9(8)13-20(17,18)5-4-10(14)15/h2-3,6,13H,4-5H2,1H3,(H,14,15). The van der Waals surface area contributed by atoms with E-state index in [9.17, 15) is 22.4 Å². The first-order valence-corrected chi connectivity index (χ1v) is 7.00. The predicted molar refractivity (Wildman–Crippen MR) is 67.4 cm³/mol. The molecular weight excluding hydrogens is 293 g/mol. The first kappa shape index (κ1) is 15.9. The fraction of sp³-hybridized carbons (Fsp3) is 0.273. The highest BCUT2D eigenvalue weighted by Gasteiger charge is 2.19. The molecule has 0 atom stereocenters. The Morgan fingerprint density at radius 3 is 2.60 bits per heavy atom. The van der Waals surface area contributed by atoms with Gasteiger partial charge in [0.1, 0.15) is 5.82 Å². The number of methoxy groups -OCH3 is 1. The van der Waals surface area contributed by atoms with Crippen LogP contribution in [0, 0.1) is 5.82 Å². The lowest BCUT2D eigenvalue weighted by Gasteiger charge is -2.11.